The second-order valence-electron chi connectivity index (χ2n) is 5.90. The van der Waals surface area contributed by atoms with E-state index in [1.807, 2.05) is 37.3 Å². The van der Waals surface area contributed by atoms with Crippen LogP contribution in [0.25, 0.3) is 17.1 Å². The summed E-state index contributed by atoms with van der Waals surface area (Å²) in [5, 5.41) is 7.79. The lowest BCUT2D eigenvalue weighted by atomic mass is 10.2. The zero-order chi connectivity index (χ0) is 18.8. The first kappa shape index (κ1) is 17.1. The van der Waals surface area contributed by atoms with E-state index >= 15 is 0 Å². The van der Waals surface area contributed by atoms with Crippen molar-refractivity contribution < 1.29 is 9.21 Å². The van der Waals surface area contributed by atoms with Crippen molar-refractivity contribution in [3.05, 3.63) is 83.3 Å². The topological polar surface area (TPSA) is 73.0 Å². The second-order valence-corrected chi connectivity index (χ2v) is 6.34. The number of anilines is 1. The molecule has 0 aliphatic heterocycles. The lowest BCUT2D eigenvalue weighted by Crippen LogP contribution is -2.14. The summed E-state index contributed by atoms with van der Waals surface area (Å²) in [7, 11) is 0. The fourth-order valence-electron chi connectivity index (χ4n) is 2.69. The Morgan fingerprint density at radius 1 is 1.11 bits per heavy atom. The molecule has 27 heavy (non-hydrogen) atoms. The summed E-state index contributed by atoms with van der Waals surface area (Å²) in [5.41, 5.74) is 2.42. The Bertz CT molecular complexity index is 1100. The van der Waals surface area contributed by atoms with Crippen LogP contribution in [0, 0.1) is 6.92 Å². The van der Waals surface area contributed by atoms with Crippen LogP contribution in [-0.2, 0) is 0 Å². The van der Waals surface area contributed by atoms with E-state index in [4.69, 9.17) is 16.0 Å². The third-order valence-corrected chi connectivity index (χ3v) is 4.13. The van der Waals surface area contributed by atoms with E-state index in [0.717, 1.165) is 11.4 Å². The highest BCUT2D eigenvalue weighted by atomic mass is 35.5. The highest BCUT2D eigenvalue weighted by Gasteiger charge is 2.19. The van der Waals surface area contributed by atoms with Crippen LogP contribution in [0.15, 0.2) is 71.3 Å². The standard InChI is InChI=1S/C20H15ClN4O2/c1-13-5-2-9-19(22-13)23-20(26)16-12-17(18-8-4-10-27-18)25(24-16)15-7-3-6-14(21)11-15/h2-12H,1H3,(H,22,23,26). The molecule has 6 nitrogen and oxygen atoms in total. The van der Waals surface area contributed by atoms with Gasteiger partial charge in [0, 0.05) is 16.8 Å². The number of aryl methyl sites for hydroxylation is 1. The number of nitrogens with one attached hydrogen (secondary N) is 1. The van der Waals surface area contributed by atoms with E-state index in [0.29, 0.717) is 22.3 Å². The minimum absolute atomic E-state index is 0.240. The van der Waals surface area contributed by atoms with Crippen LogP contribution in [0.1, 0.15) is 16.2 Å². The number of furan rings is 1. The van der Waals surface area contributed by atoms with Gasteiger partial charge in [-0.1, -0.05) is 23.7 Å². The number of nitrogens with zero attached hydrogens (tertiary/aromatic N) is 3. The van der Waals surface area contributed by atoms with Gasteiger partial charge in [0.15, 0.2) is 11.5 Å². The normalized spacial score (nSPS) is 10.7. The smallest absolute Gasteiger partial charge is 0.277 e. The minimum atomic E-state index is -0.360. The third-order valence-electron chi connectivity index (χ3n) is 3.90. The van der Waals surface area contributed by atoms with E-state index < -0.39 is 0 Å². The molecular formula is C20H15ClN4O2. The number of aromatic nitrogens is 3. The largest absolute Gasteiger partial charge is 0.463 e. The van der Waals surface area contributed by atoms with Gasteiger partial charge in [0.05, 0.1) is 12.0 Å². The predicted octanol–water partition coefficient (Wildman–Crippen LogP) is 4.74. The molecule has 0 radical (unpaired) electrons. The Labute approximate surface area is 160 Å². The van der Waals surface area contributed by atoms with Gasteiger partial charge in [0.1, 0.15) is 11.5 Å². The zero-order valence-electron chi connectivity index (χ0n) is 14.4. The Morgan fingerprint density at radius 2 is 1.96 bits per heavy atom. The maximum atomic E-state index is 12.7. The van der Waals surface area contributed by atoms with Gasteiger partial charge in [-0.2, -0.15) is 5.10 Å². The van der Waals surface area contributed by atoms with E-state index in [-0.39, 0.29) is 11.6 Å². The quantitative estimate of drug-likeness (QED) is 0.556. The minimum Gasteiger partial charge on any atom is -0.463 e. The monoisotopic (exact) mass is 378 g/mol. The van der Waals surface area contributed by atoms with Crippen molar-refractivity contribution in [3.63, 3.8) is 0 Å². The van der Waals surface area contributed by atoms with Crippen LogP contribution in [0.3, 0.4) is 0 Å². The molecule has 7 heteroatoms. The summed E-state index contributed by atoms with van der Waals surface area (Å²) in [6, 6.07) is 17.9. The summed E-state index contributed by atoms with van der Waals surface area (Å²) in [6.45, 7) is 1.86. The predicted molar refractivity (Wildman–Crippen MR) is 103 cm³/mol. The zero-order valence-corrected chi connectivity index (χ0v) is 15.1. The molecule has 0 aliphatic rings. The molecule has 0 aliphatic carbocycles. The van der Waals surface area contributed by atoms with Gasteiger partial charge in [-0.15, -0.1) is 0 Å². The second kappa shape index (κ2) is 7.09. The van der Waals surface area contributed by atoms with Gasteiger partial charge >= 0.3 is 0 Å². The number of halogens is 1. The van der Waals surface area contributed by atoms with Gasteiger partial charge < -0.3 is 9.73 Å². The highest BCUT2D eigenvalue weighted by Crippen LogP contribution is 2.26. The number of rotatable bonds is 4. The van der Waals surface area contributed by atoms with Crippen LogP contribution in [0.4, 0.5) is 5.82 Å². The summed E-state index contributed by atoms with van der Waals surface area (Å²) in [4.78, 5) is 17.0. The molecule has 3 aromatic heterocycles. The van der Waals surface area contributed by atoms with E-state index in [1.54, 1.807) is 41.3 Å². The van der Waals surface area contributed by atoms with Crippen molar-refractivity contribution in [1.82, 2.24) is 14.8 Å². The lowest BCUT2D eigenvalue weighted by molar-refractivity contribution is 0.102. The molecule has 4 aromatic rings. The molecule has 0 atom stereocenters. The molecule has 3 heterocycles. The highest BCUT2D eigenvalue weighted by molar-refractivity contribution is 6.30. The molecule has 0 saturated carbocycles. The van der Waals surface area contributed by atoms with Crippen LogP contribution in [0.2, 0.25) is 5.02 Å². The molecule has 134 valence electrons. The lowest BCUT2D eigenvalue weighted by Gasteiger charge is -2.06. The first-order valence-electron chi connectivity index (χ1n) is 8.25. The Kier molecular flexibility index (Phi) is 4.48. The van der Waals surface area contributed by atoms with Crippen molar-refractivity contribution >= 4 is 23.3 Å². The molecule has 1 N–H and O–H groups in total. The number of pyridine rings is 1. The van der Waals surface area contributed by atoms with Crippen molar-refractivity contribution in [2.75, 3.05) is 5.32 Å². The SMILES string of the molecule is Cc1cccc(NC(=O)c2cc(-c3ccco3)n(-c3cccc(Cl)c3)n2)n1. The van der Waals surface area contributed by atoms with Crippen LogP contribution >= 0.6 is 11.6 Å². The number of hydrogen-bond acceptors (Lipinski definition) is 4. The Morgan fingerprint density at radius 3 is 2.70 bits per heavy atom. The van der Waals surface area contributed by atoms with Gasteiger partial charge in [0.2, 0.25) is 0 Å². The van der Waals surface area contributed by atoms with E-state index in [2.05, 4.69) is 15.4 Å². The van der Waals surface area contributed by atoms with E-state index in [9.17, 15) is 4.79 Å². The number of carbonyl (C=O) groups excluding carboxylic acids is 1. The number of benzene rings is 1. The fraction of sp³-hybridized carbons (Fsp3) is 0.0500. The number of carbonyl (C=O) groups is 1. The molecule has 1 amide bonds. The molecule has 0 unspecified atom stereocenters. The van der Waals surface area contributed by atoms with Crippen molar-refractivity contribution in [1.29, 1.82) is 0 Å². The summed E-state index contributed by atoms with van der Waals surface area (Å²) < 4.78 is 7.13. The third kappa shape index (κ3) is 3.61. The first-order chi connectivity index (χ1) is 13.1. The maximum absolute atomic E-state index is 12.7. The van der Waals surface area contributed by atoms with Gasteiger partial charge in [-0.25, -0.2) is 9.67 Å². The molecule has 4 rings (SSSR count). The first-order valence-corrected chi connectivity index (χ1v) is 8.63. The summed E-state index contributed by atoms with van der Waals surface area (Å²) in [5.74, 6) is 0.703. The van der Waals surface area contributed by atoms with Crippen molar-refractivity contribution in [2.45, 2.75) is 6.92 Å². The Hall–Kier alpha value is -3.38. The maximum Gasteiger partial charge on any atom is 0.277 e. The number of hydrogen-bond donors (Lipinski definition) is 1. The average molecular weight is 379 g/mol. The van der Waals surface area contributed by atoms with Crippen LogP contribution in [-0.4, -0.2) is 20.7 Å². The van der Waals surface area contributed by atoms with E-state index in [1.165, 1.54) is 0 Å². The molecule has 0 saturated heterocycles. The van der Waals surface area contributed by atoms with Crippen LogP contribution in [0.5, 0.6) is 0 Å². The molecular weight excluding hydrogens is 364 g/mol. The molecule has 0 spiro atoms. The van der Waals surface area contributed by atoms with Crippen molar-refractivity contribution in [3.8, 4) is 17.1 Å². The molecule has 1 aromatic carbocycles. The average Bonchev–Trinajstić information content (AvgIpc) is 3.31. The summed E-state index contributed by atoms with van der Waals surface area (Å²) >= 11 is 6.11. The summed E-state index contributed by atoms with van der Waals surface area (Å²) in [6.07, 6.45) is 1.57. The van der Waals surface area contributed by atoms with Crippen molar-refractivity contribution in [2.24, 2.45) is 0 Å². The molecule has 0 fully saturated rings. The fourth-order valence-corrected chi connectivity index (χ4v) is 2.87. The van der Waals surface area contributed by atoms with Crippen LogP contribution < -0.4 is 5.32 Å². The van der Waals surface area contributed by atoms with Gasteiger partial charge in [-0.3, -0.25) is 4.79 Å². The van der Waals surface area contributed by atoms with Gasteiger partial charge in [0.25, 0.3) is 5.91 Å². The number of amides is 1. The van der Waals surface area contributed by atoms with Gasteiger partial charge in [-0.05, 0) is 49.4 Å². The molecule has 0 bridgehead atoms. The Balaban J connectivity index is 1.74.